The first kappa shape index (κ1) is 15.3. The number of nitrogens with two attached hydrogens (primary N) is 1. The van der Waals surface area contributed by atoms with Crippen LogP contribution in [0.15, 0.2) is 0 Å². The van der Waals surface area contributed by atoms with Crippen LogP contribution in [-0.2, 0) is 9.84 Å². The molecule has 0 spiro atoms. The van der Waals surface area contributed by atoms with Crippen molar-refractivity contribution in [2.75, 3.05) is 25.9 Å². The Morgan fingerprint density at radius 2 is 1.95 bits per heavy atom. The Morgan fingerprint density at radius 3 is 2.47 bits per heavy atom. The number of piperidine rings is 1. The van der Waals surface area contributed by atoms with Crippen molar-refractivity contribution in [3.05, 3.63) is 0 Å². The molecule has 112 valence electrons. The summed E-state index contributed by atoms with van der Waals surface area (Å²) in [6.45, 7) is 6.96. The van der Waals surface area contributed by atoms with Crippen molar-refractivity contribution < 1.29 is 8.42 Å². The lowest BCUT2D eigenvalue weighted by Crippen LogP contribution is -2.63. The van der Waals surface area contributed by atoms with Crippen molar-refractivity contribution in [1.82, 2.24) is 4.90 Å². The number of nitrogens with zero attached hydrogens (tertiary/aromatic N) is 1. The lowest BCUT2D eigenvalue weighted by atomic mass is 9.80. The standard InChI is InChI=1S/C14H28N2O2S/c1-13(2)7-5-9-16(11-13)14(10-15)8-4-6-12(14)19(3,17)18/h12H,4-11,15H2,1-3H3. The van der Waals surface area contributed by atoms with Gasteiger partial charge in [-0.3, -0.25) is 4.90 Å². The van der Waals surface area contributed by atoms with Crippen molar-refractivity contribution in [3.63, 3.8) is 0 Å². The van der Waals surface area contributed by atoms with Crippen molar-refractivity contribution in [2.24, 2.45) is 11.1 Å². The van der Waals surface area contributed by atoms with Gasteiger partial charge in [-0.2, -0.15) is 0 Å². The van der Waals surface area contributed by atoms with Crippen molar-refractivity contribution >= 4 is 9.84 Å². The first-order chi connectivity index (χ1) is 8.71. The van der Waals surface area contributed by atoms with Gasteiger partial charge in [0.2, 0.25) is 0 Å². The van der Waals surface area contributed by atoms with Gasteiger partial charge in [-0.1, -0.05) is 20.3 Å². The van der Waals surface area contributed by atoms with Crippen LogP contribution in [0.4, 0.5) is 0 Å². The molecule has 19 heavy (non-hydrogen) atoms. The van der Waals surface area contributed by atoms with Crippen molar-refractivity contribution in [2.45, 2.75) is 56.7 Å². The summed E-state index contributed by atoms with van der Waals surface area (Å²) in [5.74, 6) is 0. The molecule has 2 aliphatic rings. The predicted molar refractivity (Wildman–Crippen MR) is 78.9 cm³/mol. The van der Waals surface area contributed by atoms with Crippen LogP contribution < -0.4 is 5.73 Å². The van der Waals surface area contributed by atoms with E-state index in [-0.39, 0.29) is 16.2 Å². The Hall–Kier alpha value is -0.130. The molecule has 1 aliphatic carbocycles. The van der Waals surface area contributed by atoms with E-state index in [0.29, 0.717) is 6.54 Å². The lowest BCUT2D eigenvalue weighted by Gasteiger charge is -2.50. The van der Waals surface area contributed by atoms with Crippen LogP contribution in [0.1, 0.15) is 46.0 Å². The van der Waals surface area contributed by atoms with E-state index in [4.69, 9.17) is 5.73 Å². The van der Waals surface area contributed by atoms with E-state index in [9.17, 15) is 8.42 Å². The summed E-state index contributed by atoms with van der Waals surface area (Å²) in [4.78, 5) is 2.40. The largest absolute Gasteiger partial charge is 0.329 e. The summed E-state index contributed by atoms with van der Waals surface area (Å²) in [5.41, 5.74) is 6.02. The van der Waals surface area contributed by atoms with Crippen molar-refractivity contribution in [3.8, 4) is 0 Å². The summed E-state index contributed by atoms with van der Waals surface area (Å²) in [7, 11) is -3.03. The van der Waals surface area contributed by atoms with E-state index < -0.39 is 9.84 Å². The molecule has 1 saturated heterocycles. The van der Waals surface area contributed by atoms with Gasteiger partial charge in [0.1, 0.15) is 0 Å². The summed E-state index contributed by atoms with van der Waals surface area (Å²) in [6, 6.07) is 0. The molecule has 0 amide bonds. The van der Waals surface area contributed by atoms with Crippen LogP contribution in [0.25, 0.3) is 0 Å². The summed E-state index contributed by atoms with van der Waals surface area (Å²) in [6.07, 6.45) is 6.41. The predicted octanol–water partition coefficient (Wildman–Crippen LogP) is 1.40. The van der Waals surface area contributed by atoms with Gasteiger partial charge >= 0.3 is 0 Å². The first-order valence-corrected chi connectivity index (χ1v) is 9.31. The molecule has 1 aliphatic heterocycles. The highest BCUT2D eigenvalue weighted by molar-refractivity contribution is 7.91. The molecule has 2 fully saturated rings. The average molecular weight is 288 g/mol. The molecule has 2 rings (SSSR count). The van der Waals surface area contributed by atoms with Gasteiger partial charge in [-0.25, -0.2) is 8.42 Å². The molecule has 0 bridgehead atoms. The minimum Gasteiger partial charge on any atom is -0.329 e. The third-order valence-corrected chi connectivity index (χ3v) is 6.78. The van der Waals surface area contributed by atoms with Gasteiger partial charge in [0.25, 0.3) is 0 Å². The lowest BCUT2D eigenvalue weighted by molar-refractivity contribution is 0.0234. The highest BCUT2D eigenvalue weighted by Crippen LogP contribution is 2.42. The fourth-order valence-corrected chi connectivity index (χ4v) is 5.92. The normalized spacial score (nSPS) is 36.5. The number of sulfone groups is 1. The minimum atomic E-state index is -3.03. The molecule has 5 heteroatoms. The molecule has 0 aromatic rings. The van der Waals surface area contributed by atoms with Gasteiger partial charge in [0.05, 0.1) is 5.25 Å². The van der Waals surface area contributed by atoms with E-state index in [2.05, 4.69) is 18.7 Å². The van der Waals surface area contributed by atoms with E-state index in [0.717, 1.165) is 38.8 Å². The number of hydrogen-bond acceptors (Lipinski definition) is 4. The summed E-state index contributed by atoms with van der Waals surface area (Å²) >= 11 is 0. The highest BCUT2D eigenvalue weighted by Gasteiger charge is 2.52. The molecule has 1 heterocycles. The Kier molecular flexibility index (Phi) is 4.02. The van der Waals surface area contributed by atoms with Crippen LogP contribution in [0.5, 0.6) is 0 Å². The number of rotatable bonds is 3. The van der Waals surface area contributed by atoms with Crippen LogP contribution in [0, 0.1) is 5.41 Å². The molecule has 2 atom stereocenters. The molecular weight excluding hydrogens is 260 g/mol. The van der Waals surface area contributed by atoms with Gasteiger partial charge in [-0.05, 0) is 37.6 Å². The topological polar surface area (TPSA) is 63.4 Å². The first-order valence-electron chi connectivity index (χ1n) is 7.35. The molecule has 0 aromatic heterocycles. The Labute approximate surface area is 117 Å². The summed E-state index contributed by atoms with van der Waals surface area (Å²) < 4.78 is 24.3. The SMILES string of the molecule is CC1(C)CCCN(C2(CN)CCCC2S(C)(=O)=O)C1. The molecule has 4 nitrogen and oxygen atoms in total. The van der Waals surface area contributed by atoms with E-state index in [1.165, 1.54) is 12.7 Å². The molecule has 2 unspecified atom stereocenters. The quantitative estimate of drug-likeness (QED) is 0.853. The third kappa shape index (κ3) is 2.83. The maximum atomic E-state index is 12.1. The van der Waals surface area contributed by atoms with E-state index in [1.54, 1.807) is 0 Å². The Balaban J connectivity index is 2.31. The van der Waals surface area contributed by atoms with Crippen LogP contribution >= 0.6 is 0 Å². The zero-order chi connectivity index (χ0) is 14.3. The molecular formula is C14H28N2O2S. The van der Waals surface area contributed by atoms with Gasteiger partial charge in [0, 0.05) is 24.9 Å². The van der Waals surface area contributed by atoms with Gasteiger partial charge < -0.3 is 5.73 Å². The number of hydrogen-bond donors (Lipinski definition) is 1. The number of likely N-dealkylation sites (tertiary alicyclic amines) is 1. The van der Waals surface area contributed by atoms with Crippen LogP contribution in [0.2, 0.25) is 0 Å². The molecule has 1 saturated carbocycles. The van der Waals surface area contributed by atoms with Crippen LogP contribution in [-0.4, -0.2) is 50.0 Å². The van der Waals surface area contributed by atoms with E-state index >= 15 is 0 Å². The Bertz CT molecular complexity index is 433. The van der Waals surface area contributed by atoms with E-state index in [1.807, 2.05) is 0 Å². The molecule has 0 radical (unpaired) electrons. The van der Waals surface area contributed by atoms with Crippen LogP contribution in [0.3, 0.4) is 0 Å². The zero-order valence-electron chi connectivity index (χ0n) is 12.5. The molecule has 2 N–H and O–H groups in total. The maximum Gasteiger partial charge on any atom is 0.152 e. The highest BCUT2D eigenvalue weighted by atomic mass is 32.2. The zero-order valence-corrected chi connectivity index (χ0v) is 13.3. The second kappa shape index (κ2) is 5.01. The fourth-order valence-electron chi connectivity index (χ4n) is 4.16. The average Bonchev–Trinajstić information content (AvgIpc) is 2.72. The second-order valence-electron chi connectivity index (χ2n) is 7.21. The fraction of sp³-hybridized carbons (Fsp3) is 1.00. The molecule has 0 aromatic carbocycles. The van der Waals surface area contributed by atoms with Gasteiger partial charge in [-0.15, -0.1) is 0 Å². The smallest absolute Gasteiger partial charge is 0.152 e. The summed E-state index contributed by atoms with van der Waals surface area (Å²) in [5, 5.41) is -0.279. The third-order valence-electron chi connectivity index (χ3n) is 5.08. The maximum absolute atomic E-state index is 12.1. The monoisotopic (exact) mass is 288 g/mol. The van der Waals surface area contributed by atoms with Crippen molar-refractivity contribution in [1.29, 1.82) is 0 Å². The minimum absolute atomic E-state index is 0.269. The van der Waals surface area contributed by atoms with Gasteiger partial charge in [0.15, 0.2) is 9.84 Å². The Morgan fingerprint density at radius 1 is 1.26 bits per heavy atom. The second-order valence-corrected chi connectivity index (χ2v) is 9.44.